The molecular weight excluding hydrogens is 464 g/mol. The lowest BCUT2D eigenvalue weighted by Crippen LogP contribution is -2.73. The molecule has 0 bridgehead atoms. The highest BCUT2D eigenvalue weighted by Gasteiger charge is 2.60. The van der Waals surface area contributed by atoms with Gasteiger partial charge in [-0.3, -0.25) is 29.2 Å². The number of carbonyl (C=O) groups excluding carboxylic acids is 3. The van der Waals surface area contributed by atoms with Crippen molar-refractivity contribution in [2.45, 2.75) is 5.54 Å². The van der Waals surface area contributed by atoms with E-state index in [9.17, 15) is 14.4 Å². The fourth-order valence-electron chi connectivity index (χ4n) is 4.75. The highest BCUT2D eigenvalue weighted by molar-refractivity contribution is 6.22. The Balaban J connectivity index is 1.65. The molecule has 0 N–H and O–H groups in total. The molecule has 0 spiro atoms. The maximum atomic E-state index is 13.7. The van der Waals surface area contributed by atoms with E-state index in [-0.39, 0.29) is 0 Å². The van der Waals surface area contributed by atoms with E-state index in [2.05, 4.69) is 4.90 Å². The minimum absolute atomic E-state index is 0.487. The first-order chi connectivity index (χ1) is 17.3. The van der Waals surface area contributed by atoms with Gasteiger partial charge in [0.2, 0.25) is 5.54 Å². The Morgan fingerprint density at radius 2 is 1.25 bits per heavy atom. The van der Waals surface area contributed by atoms with Gasteiger partial charge in [0.05, 0.1) is 13.7 Å². The second-order valence-corrected chi connectivity index (χ2v) is 8.84. The second-order valence-electron chi connectivity index (χ2n) is 8.84. The van der Waals surface area contributed by atoms with Crippen LogP contribution in [0.1, 0.15) is 5.56 Å². The lowest BCUT2D eigenvalue weighted by atomic mass is 9.82. The molecule has 0 aliphatic carbocycles. The van der Waals surface area contributed by atoms with Crippen LogP contribution in [0.3, 0.4) is 0 Å². The molecule has 2 saturated heterocycles. The van der Waals surface area contributed by atoms with Crippen LogP contribution >= 0.6 is 0 Å². The summed E-state index contributed by atoms with van der Waals surface area (Å²) in [5.41, 5.74) is -1.14. The molecule has 2 aromatic carbocycles. The van der Waals surface area contributed by atoms with Gasteiger partial charge in [0.15, 0.2) is 0 Å². The molecule has 2 aromatic rings. The Labute approximate surface area is 210 Å². The SMILES string of the molecule is COCCN1CCN(C2(c3ccc(Oc4ccc(OC)cc4)cc3)C(=O)N(C)C(=O)N(C)C2=O)CC1. The zero-order valence-corrected chi connectivity index (χ0v) is 21.1. The van der Waals surface area contributed by atoms with Crippen LogP contribution in [-0.2, 0) is 19.9 Å². The number of carbonyl (C=O) groups is 3. The third-order valence-electron chi connectivity index (χ3n) is 6.83. The van der Waals surface area contributed by atoms with Crippen molar-refractivity contribution >= 4 is 17.8 Å². The fraction of sp³-hybridized carbons (Fsp3) is 0.423. The van der Waals surface area contributed by atoms with E-state index in [4.69, 9.17) is 14.2 Å². The molecular formula is C26H32N4O6. The first kappa shape index (κ1) is 25.6. The lowest BCUT2D eigenvalue weighted by molar-refractivity contribution is -0.163. The molecule has 2 aliphatic rings. The third kappa shape index (κ3) is 4.55. The van der Waals surface area contributed by atoms with Crippen molar-refractivity contribution in [1.82, 2.24) is 19.6 Å². The summed E-state index contributed by atoms with van der Waals surface area (Å²) in [6.45, 7) is 3.70. The van der Waals surface area contributed by atoms with Crippen LogP contribution in [-0.4, -0.2) is 105 Å². The van der Waals surface area contributed by atoms with Gasteiger partial charge in [-0.05, 0) is 42.0 Å². The summed E-state index contributed by atoms with van der Waals surface area (Å²) in [5.74, 6) is 0.797. The maximum Gasteiger partial charge on any atom is 0.333 e. The largest absolute Gasteiger partial charge is 0.497 e. The van der Waals surface area contributed by atoms with Gasteiger partial charge in [0.1, 0.15) is 17.2 Å². The van der Waals surface area contributed by atoms with Crippen molar-refractivity contribution in [3.8, 4) is 17.2 Å². The van der Waals surface area contributed by atoms with E-state index in [0.29, 0.717) is 49.8 Å². The molecule has 10 nitrogen and oxygen atoms in total. The van der Waals surface area contributed by atoms with Gasteiger partial charge in [-0.1, -0.05) is 12.1 Å². The van der Waals surface area contributed by atoms with Crippen LogP contribution in [0, 0.1) is 0 Å². The molecule has 4 amide bonds. The normalized spacial score (nSPS) is 19.1. The maximum absolute atomic E-state index is 13.7. The highest BCUT2D eigenvalue weighted by atomic mass is 16.5. The van der Waals surface area contributed by atoms with Crippen molar-refractivity contribution in [2.75, 3.05) is 67.6 Å². The Bertz CT molecular complexity index is 1070. The molecule has 0 aromatic heterocycles. The summed E-state index contributed by atoms with van der Waals surface area (Å²) in [6, 6.07) is 13.5. The Morgan fingerprint density at radius 3 is 1.75 bits per heavy atom. The summed E-state index contributed by atoms with van der Waals surface area (Å²) in [6.07, 6.45) is 0. The minimum atomic E-state index is -1.64. The topological polar surface area (TPSA) is 91.9 Å². The molecule has 192 valence electrons. The second kappa shape index (κ2) is 10.7. The molecule has 2 aliphatic heterocycles. The Kier molecular flexibility index (Phi) is 7.58. The number of imide groups is 2. The summed E-state index contributed by atoms with van der Waals surface area (Å²) in [7, 11) is 6.09. The predicted octanol–water partition coefficient (Wildman–Crippen LogP) is 2.00. The van der Waals surface area contributed by atoms with Crippen LogP contribution < -0.4 is 9.47 Å². The standard InChI is InChI=1S/C26H32N4O6/c1-27-23(31)26(24(32)28(2)25(27)33,30-15-13-29(14-16-30)17-18-34-3)19-5-7-21(8-6-19)36-22-11-9-20(35-4)10-12-22/h5-12H,13-18H2,1-4H3. The molecule has 0 atom stereocenters. The molecule has 2 fully saturated rings. The van der Waals surface area contributed by atoms with E-state index in [0.717, 1.165) is 22.1 Å². The highest BCUT2D eigenvalue weighted by Crippen LogP contribution is 2.38. The molecule has 0 unspecified atom stereocenters. The Morgan fingerprint density at radius 1 is 0.750 bits per heavy atom. The number of urea groups is 1. The van der Waals surface area contributed by atoms with Gasteiger partial charge >= 0.3 is 6.03 Å². The molecule has 0 radical (unpaired) electrons. The van der Waals surface area contributed by atoms with Crippen LogP contribution in [0.5, 0.6) is 17.2 Å². The minimum Gasteiger partial charge on any atom is -0.497 e. The monoisotopic (exact) mass is 496 g/mol. The zero-order chi connectivity index (χ0) is 25.9. The first-order valence-electron chi connectivity index (χ1n) is 11.8. The van der Waals surface area contributed by atoms with Crippen molar-refractivity contribution in [1.29, 1.82) is 0 Å². The van der Waals surface area contributed by atoms with Crippen LogP contribution in [0.25, 0.3) is 0 Å². The van der Waals surface area contributed by atoms with Gasteiger partial charge in [0, 0.05) is 53.9 Å². The number of nitrogens with zero attached hydrogens (tertiary/aromatic N) is 4. The number of likely N-dealkylation sites (N-methyl/N-ethyl adjacent to an activating group) is 2. The van der Waals surface area contributed by atoms with Crippen LogP contribution in [0.2, 0.25) is 0 Å². The van der Waals surface area contributed by atoms with E-state index in [1.54, 1.807) is 62.8 Å². The van der Waals surface area contributed by atoms with Gasteiger partial charge in [0.25, 0.3) is 11.8 Å². The molecule has 0 saturated carbocycles. The molecule has 2 heterocycles. The number of hydrogen-bond donors (Lipinski definition) is 0. The van der Waals surface area contributed by atoms with E-state index in [1.165, 1.54) is 14.1 Å². The zero-order valence-electron chi connectivity index (χ0n) is 21.1. The van der Waals surface area contributed by atoms with Crippen molar-refractivity contribution in [3.05, 3.63) is 54.1 Å². The number of rotatable bonds is 8. The van der Waals surface area contributed by atoms with Crippen molar-refractivity contribution < 1.29 is 28.6 Å². The molecule has 4 rings (SSSR count). The third-order valence-corrected chi connectivity index (χ3v) is 6.83. The summed E-state index contributed by atoms with van der Waals surface area (Å²) in [5, 5.41) is 0. The van der Waals surface area contributed by atoms with Crippen molar-refractivity contribution in [3.63, 3.8) is 0 Å². The van der Waals surface area contributed by atoms with Gasteiger partial charge in [-0.2, -0.15) is 0 Å². The van der Waals surface area contributed by atoms with E-state index in [1.807, 2.05) is 4.90 Å². The number of piperazine rings is 1. The summed E-state index contributed by atoms with van der Waals surface area (Å²) < 4.78 is 16.3. The molecule has 10 heteroatoms. The molecule has 36 heavy (non-hydrogen) atoms. The smallest absolute Gasteiger partial charge is 0.333 e. The number of barbiturate groups is 1. The van der Waals surface area contributed by atoms with Crippen LogP contribution in [0.4, 0.5) is 4.79 Å². The first-order valence-corrected chi connectivity index (χ1v) is 11.8. The lowest BCUT2D eigenvalue weighted by Gasteiger charge is -2.50. The number of amides is 4. The van der Waals surface area contributed by atoms with E-state index >= 15 is 0 Å². The Hall–Kier alpha value is -3.47. The number of methoxy groups -OCH3 is 2. The average molecular weight is 497 g/mol. The van der Waals surface area contributed by atoms with E-state index < -0.39 is 23.4 Å². The summed E-state index contributed by atoms with van der Waals surface area (Å²) >= 11 is 0. The number of ether oxygens (including phenoxy) is 3. The summed E-state index contributed by atoms with van der Waals surface area (Å²) in [4.78, 5) is 46.2. The number of benzene rings is 2. The van der Waals surface area contributed by atoms with Gasteiger partial charge in [-0.15, -0.1) is 0 Å². The fourth-order valence-corrected chi connectivity index (χ4v) is 4.75. The quantitative estimate of drug-likeness (QED) is 0.513. The average Bonchev–Trinajstić information content (AvgIpc) is 2.92. The van der Waals surface area contributed by atoms with Gasteiger partial charge < -0.3 is 14.2 Å². The van der Waals surface area contributed by atoms with Crippen molar-refractivity contribution in [2.24, 2.45) is 0 Å². The van der Waals surface area contributed by atoms with Gasteiger partial charge in [-0.25, -0.2) is 4.79 Å². The predicted molar refractivity (Wildman–Crippen MR) is 132 cm³/mol. The number of hydrogen-bond acceptors (Lipinski definition) is 8. The van der Waals surface area contributed by atoms with Crippen LogP contribution in [0.15, 0.2) is 48.5 Å².